The number of guanidine groups is 1. The molecule has 25 heavy (non-hydrogen) atoms. The van der Waals surface area contributed by atoms with Crippen molar-refractivity contribution in [1.29, 1.82) is 0 Å². The molecule has 3 N–H and O–H groups in total. The highest BCUT2D eigenvalue weighted by Gasteiger charge is 2.07. The van der Waals surface area contributed by atoms with Crippen LogP contribution in [0.2, 0.25) is 0 Å². The Labute approximate surface area is 150 Å². The molecule has 6 nitrogen and oxygen atoms in total. The molecule has 0 radical (unpaired) electrons. The lowest BCUT2D eigenvalue weighted by Crippen LogP contribution is -2.37. The molecule has 0 aliphatic heterocycles. The number of aliphatic imine (C=N–C) groups is 1. The zero-order chi connectivity index (χ0) is 18.2. The van der Waals surface area contributed by atoms with Crippen molar-refractivity contribution in [2.75, 3.05) is 18.4 Å². The summed E-state index contributed by atoms with van der Waals surface area (Å²) in [6.07, 6.45) is 0. The number of carbonyl (C=O) groups excluding carboxylic acids is 1. The molecule has 134 valence electrons. The number of amides is 1. The fourth-order valence-corrected chi connectivity index (χ4v) is 3.04. The number of benzene rings is 1. The van der Waals surface area contributed by atoms with E-state index >= 15 is 0 Å². The van der Waals surface area contributed by atoms with E-state index in [-0.39, 0.29) is 12.5 Å². The normalized spacial score (nSPS) is 11.3. The van der Waals surface area contributed by atoms with Crippen molar-refractivity contribution in [1.82, 2.24) is 15.6 Å². The molecule has 0 aliphatic rings. The highest BCUT2D eigenvalue weighted by Crippen LogP contribution is 2.16. The third-order valence-corrected chi connectivity index (χ3v) is 4.32. The number of nitrogens with one attached hydrogen (secondary N) is 3. The summed E-state index contributed by atoms with van der Waals surface area (Å²) in [6, 6.07) is 5.76. The van der Waals surface area contributed by atoms with Gasteiger partial charge in [0.05, 0.1) is 17.2 Å². The molecule has 0 fully saturated rings. The van der Waals surface area contributed by atoms with E-state index in [0.29, 0.717) is 24.7 Å². The summed E-state index contributed by atoms with van der Waals surface area (Å²) in [4.78, 5) is 21.7. The van der Waals surface area contributed by atoms with Gasteiger partial charge in [0.1, 0.15) is 12.4 Å². The van der Waals surface area contributed by atoms with Crippen LogP contribution in [0.3, 0.4) is 0 Å². The Hall–Kier alpha value is -2.48. The molecule has 0 bridgehead atoms. The van der Waals surface area contributed by atoms with Crippen LogP contribution in [0.25, 0.3) is 0 Å². The number of hydrogen-bond acceptors (Lipinski definition) is 4. The lowest BCUT2D eigenvalue weighted by Gasteiger charge is -2.11. The van der Waals surface area contributed by atoms with Crippen LogP contribution in [0.5, 0.6) is 0 Å². The molecule has 0 unspecified atom stereocenters. The number of rotatable bonds is 6. The number of thiazole rings is 1. The Bertz CT molecular complexity index is 759. The Kier molecular flexibility index (Phi) is 6.88. The van der Waals surface area contributed by atoms with Crippen LogP contribution in [0.15, 0.2) is 29.3 Å². The van der Waals surface area contributed by atoms with E-state index in [4.69, 9.17) is 0 Å². The van der Waals surface area contributed by atoms with Crippen molar-refractivity contribution in [3.8, 4) is 0 Å². The fourth-order valence-electron chi connectivity index (χ4n) is 2.16. The van der Waals surface area contributed by atoms with Gasteiger partial charge in [-0.25, -0.2) is 14.4 Å². The van der Waals surface area contributed by atoms with Gasteiger partial charge in [-0.1, -0.05) is 6.07 Å². The Morgan fingerprint density at radius 1 is 1.32 bits per heavy atom. The third-order valence-electron chi connectivity index (χ3n) is 3.25. The standard InChI is InChI=1S/C17H22FN5OS/c1-4-19-17(20-9-15-11(2)22-12(3)25-15)21-10-16(24)23-14-7-5-6-13(18)8-14/h5-8H,4,9-10H2,1-3H3,(H,23,24)(H2,19,20,21). The van der Waals surface area contributed by atoms with Gasteiger partial charge in [-0.15, -0.1) is 11.3 Å². The summed E-state index contributed by atoms with van der Waals surface area (Å²) in [5.74, 6) is -0.165. The third kappa shape index (κ3) is 6.15. The van der Waals surface area contributed by atoms with Crippen molar-refractivity contribution in [2.24, 2.45) is 4.99 Å². The minimum absolute atomic E-state index is 0.0629. The second-order valence-electron chi connectivity index (χ2n) is 5.35. The minimum Gasteiger partial charge on any atom is -0.357 e. The zero-order valence-electron chi connectivity index (χ0n) is 14.5. The molecule has 8 heteroatoms. The number of carbonyl (C=O) groups is 1. The first kappa shape index (κ1) is 18.9. The maximum atomic E-state index is 13.1. The largest absolute Gasteiger partial charge is 0.357 e. The molecule has 0 atom stereocenters. The molecule has 0 saturated carbocycles. The van der Waals surface area contributed by atoms with E-state index in [1.807, 2.05) is 20.8 Å². The number of hydrogen-bond donors (Lipinski definition) is 3. The summed E-state index contributed by atoms with van der Waals surface area (Å²) in [7, 11) is 0. The van der Waals surface area contributed by atoms with Crippen LogP contribution in [0.4, 0.5) is 10.1 Å². The molecule has 2 aromatic rings. The van der Waals surface area contributed by atoms with Crippen LogP contribution < -0.4 is 16.0 Å². The number of nitrogens with zero attached hydrogens (tertiary/aromatic N) is 2. The second kappa shape index (κ2) is 9.12. The highest BCUT2D eigenvalue weighted by atomic mass is 32.1. The number of anilines is 1. The molecule has 0 aliphatic carbocycles. The maximum absolute atomic E-state index is 13.1. The van der Waals surface area contributed by atoms with Gasteiger partial charge >= 0.3 is 0 Å². The van der Waals surface area contributed by atoms with Gasteiger partial charge in [0.2, 0.25) is 5.91 Å². The van der Waals surface area contributed by atoms with Crippen molar-refractivity contribution >= 4 is 28.9 Å². The van der Waals surface area contributed by atoms with Crippen LogP contribution >= 0.6 is 11.3 Å². The van der Waals surface area contributed by atoms with E-state index in [0.717, 1.165) is 15.6 Å². The van der Waals surface area contributed by atoms with Gasteiger partial charge in [0.15, 0.2) is 5.96 Å². The first-order valence-corrected chi connectivity index (χ1v) is 8.80. The number of aryl methyl sites for hydroxylation is 2. The van der Waals surface area contributed by atoms with E-state index < -0.39 is 5.82 Å². The molecule has 1 heterocycles. The SMILES string of the molecule is CCNC(=NCC(=O)Nc1cccc(F)c1)NCc1sc(C)nc1C. The number of halogens is 1. The summed E-state index contributed by atoms with van der Waals surface area (Å²) in [6.45, 7) is 7.10. The lowest BCUT2D eigenvalue weighted by molar-refractivity contribution is -0.114. The molecular weight excluding hydrogens is 341 g/mol. The Morgan fingerprint density at radius 2 is 2.12 bits per heavy atom. The molecule has 2 rings (SSSR count). The van der Waals surface area contributed by atoms with Gasteiger partial charge in [-0.3, -0.25) is 4.79 Å². The maximum Gasteiger partial charge on any atom is 0.246 e. The highest BCUT2D eigenvalue weighted by molar-refractivity contribution is 7.11. The summed E-state index contributed by atoms with van der Waals surface area (Å²) in [5.41, 5.74) is 1.41. The predicted octanol–water partition coefficient (Wildman–Crippen LogP) is 2.59. The fraction of sp³-hybridized carbons (Fsp3) is 0.353. The number of aromatic nitrogens is 1. The van der Waals surface area contributed by atoms with E-state index in [2.05, 4.69) is 25.9 Å². The van der Waals surface area contributed by atoms with Gasteiger partial charge in [0.25, 0.3) is 0 Å². The average molecular weight is 363 g/mol. The van der Waals surface area contributed by atoms with E-state index in [1.54, 1.807) is 23.5 Å². The first-order chi connectivity index (χ1) is 12.0. The van der Waals surface area contributed by atoms with E-state index in [1.165, 1.54) is 12.1 Å². The lowest BCUT2D eigenvalue weighted by atomic mass is 10.3. The smallest absolute Gasteiger partial charge is 0.246 e. The first-order valence-electron chi connectivity index (χ1n) is 7.98. The predicted molar refractivity (Wildman–Crippen MR) is 99.4 cm³/mol. The Morgan fingerprint density at radius 3 is 2.76 bits per heavy atom. The molecule has 0 saturated heterocycles. The Balaban J connectivity index is 1.91. The quantitative estimate of drug-likeness (QED) is 0.544. The van der Waals surface area contributed by atoms with Crippen LogP contribution in [-0.4, -0.2) is 29.9 Å². The van der Waals surface area contributed by atoms with Crippen molar-refractivity contribution in [3.05, 3.63) is 45.7 Å². The molecule has 1 aromatic heterocycles. The van der Waals surface area contributed by atoms with Crippen molar-refractivity contribution in [3.63, 3.8) is 0 Å². The second-order valence-corrected chi connectivity index (χ2v) is 6.64. The monoisotopic (exact) mass is 363 g/mol. The summed E-state index contributed by atoms with van der Waals surface area (Å²) >= 11 is 1.63. The average Bonchev–Trinajstić information content (AvgIpc) is 2.88. The van der Waals surface area contributed by atoms with Gasteiger partial charge < -0.3 is 16.0 Å². The van der Waals surface area contributed by atoms with Gasteiger partial charge in [-0.05, 0) is 39.0 Å². The van der Waals surface area contributed by atoms with Crippen LogP contribution in [0.1, 0.15) is 22.5 Å². The van der Waals surface area contributed by atoms with Crippen LogP contribution in [-0.2, 0) is 11.3 Å². The van der Waals surface area contributed by atoms with Crippen molar-refractivity contribution < 1.29 is 9.18 Å². The van der Waals surface area contributed by atoms with Crippen LogP contribution in [0, 0.1) is 19.7 Å². The topological polar surface area (TPSA) is 78.4 Å². The van der Waals surface area contributed by atoms with Crippen molar-refractivity contribution in [2.45, 2.75) is 27.3 Å². The zero-order valence-corrected chi connectivity index (χ0v) is 15.3. The van der Waals surface area contributed by atoms with Gasteiger partial charge in [0, 0.05) is 17.1 Å². The molecule has 1 amide bonds. The molecule has 0 spiro atoms. The van der Waals surface area contributed by atoms with E-state index in [9.17, 15) is 9.18 Å². The van der Waals surface area contributed by atoms with Gasteiger partial charge in [-0.2, -0.15) is 0 Å². The molecule has 1 aromatic carbocycles. The molecular formula is C17H22FN5OS. The summed E-state index contributed by atoms with van der Waals surface area (Å²) in [5, 5.41) is 9.92. The minimum atomic E-state index is -0.397. The summed E-state index contributed by atoms with van der Waals surface area (Å²) < 4.78 is 13.1.